The summed E-state index contributed by atoms with van der Waals surface area (Å²) in [7, 11) is 0. The van der Waals surface area contributed by atoms with Crippen LogP contribution in [0.4, 0.5) is 0 Å². The molecule has 31 heavy (non-hydrogen) atoms. The van der Waals surface area contributed by atoms with Crippen molar-refractivity contribution in [2.45, 2.75) is 51.9 Å². The van der Waals surface area contributed by atoms with Crippen LogP contribution in [0, 0.1) is 0 Å². The summed E-state index contributed by atoms with van der Waals surface area (Å²) in [6, 6.07) is 21.0. The summed E-state index contributed by atoms with van der Waals surface area (Å²) in [5.41, 5.74) is 7.03. The van der Waals surface area contributed by atoms with Crippen LogP contribution in [0.1, 0.15) is 64.5 Å². The summed E-state index contributed by atoms with van der Waals surface area (Å²) >= 11 is 0. The van der Waals surface area contributed by atoms with Gasteiger partial charge in [0.2, 0.25) is 0 Å². The normalized spacial score (nSPS) is 13.9. The highest BCUT2D eigenvalue weighted by atomic mass is 16.3. The average Bonchev–Trinajstić information content (AvgIpc) is 2.74. The SMILES string of the molecule is CC(C)(C)c1ccc(/C=C/C(=O)c2c3ccc(c2O)CCc2ccc(cc2)CC3)cc1. The molecule has 0 saturated heterocycles. The van der Waals surface area contributed by atoms with Crippen molar-refractivity contribution in [3.8, 4) is 5.75 Å². The van der Waals surface area contributed by atoms with Crippen LogP contribution in [0.15, 0.2) is 66.7 Å². The van der Waals surface area contributed by atoms with Gasteiger partial charge in [-0.25, -0.2) is 0 Å². The number of benzene rings is 3. The maximum absolute atomic E-state index is 13.2. The molecule has 0 atom stereocenters. The van der Waals surface area contributed by atoms with Crippen LogP contribution < -0.4 is 0 Å². The van der Waals surface area contributed by atoms with Crippen LogP contribution in [0.3, 0.4) is 0 Å². The van der Waals surface area contributed by atoms with Gasteiger partial charge in [-0.05, 0) is 70.6 Å². The summed E-state index contributed by atoms with van der Waals surface area (Å²) in [6.07, 6.45) is 6.56. The second-order valence-electron chi connectivity index (χ2n) is 9.49. The Morgan fingerprint density at radius 3 is 1.90 bits per heavy atom. The van der Waals surface area contributed by atoms with Gasteiger partial charge in [0.1, 0.15) is 5.75 Å². The molecule has 0 heterocycles. The van der Waals surface area contributed by atoms with Crippen molar-refractivity contribution in [1.29, 1.82) is 0 Å². The minimum absolute atomic E-state index is 0.0991. The van der Waals surface area contributed by atoms with Crippen molar-refractivity contribution < 1.29 is 9.90 Å². The lowest BCUT2D eigenvalue weighted by atomic mass is 9.86. The second-order valence-corrected chi connectivity index (χ2v) is 9.49. The smallest absolute Gasteiger partial charge is 0.189 e. The zero-order valence-electron chi connectivity index (χ0n) is 18.6. The van der Waals surface area contributed by atoms with Gasteiger partial charge in [-0.2, -0.15) is 0 Å². The molecule has 3 aromatic carbocycles. The molecule has 0 spiro atoms. The second kappa shape index (κ2) is 8.55. The fourth-order valence-corrected chi connectivity index (χ4v) is 4.14. The number of phenolic OH excluding ortho intramolecular Hbond substituents is 1. The number of carbonyl (C=O) groups excluding carboxylic acids is 1. The first-order valence-corrected chi connectivity index (χ1v) is 11.1. The summed E-state index contributed by atoms with van der Waals surface area (Å²) in [5.74, 6) is 0.00504. The van der Waals surface area contributed by atoms with E-state index in [1.165, 1.54) is 16.7 Å². The summed E-state index contributed by atoms with van der Waals surface area (Å²) in [5, 5.41) is 11.0. The molecular weight excluding hydrogens is 380 g/mol. The van der Waals surface area contributed by atoms with Crippen LogP contribution in [0.25, 0.3) is 6.08 Å². The quantitative estimate of drug-likeness (QED) is 0.397. The van der Waals surface area contributed by atoms with Gasteiger partial charge in [0.25, 0.3) is 0 Å². The van der Waals surface area contributed by atoms with E-state index < -0.39 is 0 Å². The number of ketones is 1. The van der Waals surface area contributed by atoms with Gasteiger partial charge >= 0.3 is 0 Å². The maximum atomic E-state index is 13.2. The molecule has 7 rings (SSSR count). The molecule has 2 heteroatoms. The van der Waals surface area contributed by atoms with Crippen molar-refractivity contribution in [3.05, 3.63) is 106 Å². The van der Waals surface area contributed by atoms with Gasteiger partial charge in [0, 0.05) is 0 Å². The monoisotopic (exact) mass is 410 g/mol. The summed E-state index contributed by atoms with van der Waals surface area (Å²) < 4.78 is 0. The van der Waals surface area contributed by atoms with Gasteiger partial charge < -0.3 is 5.11 Å². The number of aromatic hydroxyl groups is 1. The average molecular weight is 411 g/mol. The topological polar surface area (TPSA) is 37.3 Å². The third-order valence-electron chi connectivity index (χ3n) is 6.19. The Balaban J connectivity index is 1.62. The Morgan fingerprint density at radius 2 is 1.32 bits per heavy atom. The van der Waals surface area contributed by atoms with E-state index in [1.54, 1.807) is 6.08 Å². The number of hydrogen-bond donors (Lipinski definition) is 1. The molecule has 4 bridgehead atoms. The number of phenols is 1. The fraction of sp³-hybridized carbons (Fsp3) is 0.276. The fourth-order valence-electron chi connectivity index (χ4n) is 4.14. The van der Waals surface area contributed by atoms with Gasteiger partial charge in [-0.1, -0.05) is 87.5 Å². The van der Waals surface area contributed by atoms with E-state index in [1.807, 2.05) is 30.3 Å². The van der Waals surface area contributed by atoms with Crippen molar-refractivity contribution in [2.75, 3.05) is 0 Å². The number of rotatable bonds is 3. The zero-order valence-corrected chi connectivity index (χ0v) is 18.6. The van der Waals surface area contributed by atoms with E-state index in [2.05, 4.69) is 57.2 Å². The Hall–Kier alpha value is -3.13. The van der Waals surface area contributed by atoms with Crippen LogP contribution in [0.5, 0.6) is 5.75 Å². The van der Waals surface area contributed by atoms with E-state index in [0.717, 1.165) is 36.0 Å². The van der Waals surface area contributed by atoms with Crippen molar-refractivity contribution in [1.82, 2.24) is 0 Å². The first-order chi connectivity index (χ1) is 14.8. The van der Waals surface area contributed by atoms with E-state index in [9.17, 15) is 9.90 Å². The lowest BCUT2D eigenvalue weighted by molar-refractivity contribution is 0.104. The van der Waals surface area contributed by atoms with Crippen LogP contribution >= 0.6 is 0 Å². The van der Waals surface area contributed by atoms with Gasteiger partial charge in [-0.15, -0.1) is 0 Å². The lowest BCUT2D eigenvalue weighted by Crippen LogP contribution is -2.10. The highest BCUT2D eigenvalue weighted by Gasteiger charge is 2.19. The van der Waals surface area contributed by atoms with Gasteiger partial charge in [0.15, 0.2) is 5.78 Å². The third-order valence-corrected chi connectivity index (χ3v) is 6.19. The predicted molar refractivity (Wildman–Crippen MR) is 128 cm³/mol. The molecule has 158 valence electrons. The van der Waals surface area contributed by atoms with Crippen LogP contribution in [0.2, 0.25) is 0 Å². The van der Waals surface area contributed by atoms with Crippen LogP contribution in [-0.2, 0) is 31.1 Å². The molecule has 1 N–H and O–H groups in total. The predicted octanol–water partition coefficient (Wildman–Crippen LogP) is 6.47. The van der Waals surface area contributed by atoms with Crippen LogP contribution in [-0.4, -0.2) is 10.9 Å². The Labute approximate surface area is 185 Å². The Bertz CT molecular complexity index is 1110. The van der Waals surface area contributed by atoms with Crippen molar-refractivity contribution in [3.63, 3.8) is 0 Å². The molecule has 0 saturated carbocycles. The number of allylic oxidation sites excluding steroid dienone is 1. The molecular formula is C29H30O2. The minimum atomic E-state index is -0.139. The molecule has 0 aliphatic heterocycles. The lowest BCUT2D eigenvalue weighted by Gasteiger charge is -2.18. The molecule has 3 aromatic rings. The summed E-state index contributed by atoms with van der Waals surface area (Å²) in [4.78, 5) is 13.2. The molecule has 0 radical (unpaired) electrons. The first-order valence-electron chi connectivity index (χ1n) is 11.1. The van der Waals surface area contributed by atoms with E-state index in [-0.39, 0.29) is 16.9 Å². The maximum Gasteiger partial charge on any atom is 0.189 e. The van der Waals surface area contributed by atoms with Crippen molar-refractivity contribution >= 4 is 11.9 Å². The highest BCUT2D eigenvalue weighted by molar-refractivity contribution is 6.09. The first kappa shape index (κ1) is 21.1. The molecule has 0 amide bonds. The Kier molecular flexibility index (Phi) is 5.82. The van der Waals surface area contributed by atoms with E-state index in [0.29, 0.717) is 12.0 Å². The Morgan fingerprint density at radius 1 is 0.774 bits per heavy atom. The minimum Gasteiger partial charge on any atom is -0.507 e. The highest BCUT2D eigenvalue weighted by Crippen LogP contribution is 2.30. The van der Waals surface area contributed by atoms with E-state index >= 15 is 0 Å². The molecule has 0 fully saturated rings. The van der Waals surface area contributed by atoms with Crippen molar-refractivity contribution in [2.24, 2.45) is 0 Å². The molecule has 0 aromatic heterocycles. The summed E-state index contributed by atoms with van der Waals surface area (Å²) in [6.45, 7) is 6.56. The molecule has 4 aliphatic carbocycles. The third kappa shape index (κ3) is 4.80. The largest absolute Gasteiger partial charge is 0.507 e. The number of aryl methyl sites for hydroxylation is 4. The number of carbonyl (C=O) groups is 1. The van der Waals surface area contributed by atoms with Gasteiger partial charge in [0.05, 0.1) is 5.56 Å². The van der Waals surface area contributed by atoms with Gasteiger partial charge in [-0.3, -0.25) is 4.79 Å². The number of hydrogen-bond acceptors (Lipinski definition) is 2. The molecule has 0 unspecified atom stereocenters. The standard InChI is InChI=1S/C29H30O2/c1-29(2,3)25-17-10-22(11-18-25)12-19-26(30)27-23-13-8-20-4-6-21(7-5-20)9-14-24(16-15-23)28(27)31/h4-7,10-12,15-19,31H,8-9,13-14H2,1-3H3/b19-12+. The van der Waals surface area contributed by atoms with E-state index in [4.69, 9.17) is 0 Å². The molecule has 4 aliphatic rings. The zero-order chi connectivity index (χ0) is 22.0. The molecule has 2 nitrogen and oxygen atoms in total.